The van der Waals surface area contributed by atoms with Crippen molar-refractivity contribution in [3.8, 4) is 0 Å². The first-order valence-corrected chi connectivity index (χ1v) is 7.33. The van der Waals surface area contributed by atoms with Crippen LogP contribution in [-0.2, 0) is 9.53 Å². The third kappa shape index (κ3) is 5.92. The molecule has 0 amide bonds. The van der Waals surface area contributed by atoms with Gasteiger partial charge < -0.3 is 4.74 Å². The number of ketones is 1. The summed E-state index contributed by atoms with van der Waals surface area (Å²) >= 11 is 1.29. The molecule has 0 radical (unpaired) electrons. The van der Waals surface area contributed by atoms with Gasteiger partial charge in [-0.15, -0.1) is 11.8 Å². The molecule has 1 aromatic carbocycles. The van der Waals surface area contributed by atoms with E-state index >= 15 is 0 Å². The number of carbonyl (C=O) groups excluding carboxylic acids is 2. The summed E-state index contributed by atoms with van der Waals surface area (Å²) in [5.41, 5.74) is 1.21. The zero-order chi connectivity index (χ0) is 14.5. The molecule has 0 aliphatic heterocycles. The number of ether oxygens (including phenoxy) is 1. The molecule has 1 rings (SSSR count). The molecule has 3 nitrogen and oxygen atoms in total. The van der Waals surface area contributed by atoms with Crippen molar-refractivity contribution in [3.63, 3.8) is 0 Å². The molecule has 0 spiro atoms. The first-order valence-electron chi connectivity index (χ1n) is 6.18. The van der Waals surface area contributed by atoms with Crippen LogP contribution >= 0.6 is 11.8 Å². The van der Waals surface area contributed by atoms with Gasteiger partial charge in [0.05, 0.1) is 11.5 Å². The van der Waals surface area contributed by atoms with Gasteiger partial charge in [0.25, 0.3) is 0 Å². The number of hydrogen-bond donors (Lipinski definition) is 0. The molecule has 0 atom stereocenters. The monoisotopic (exact) mass is 280 g/mol. The number of esters is 1. The van der Waals surface area contributed by atoms with Crippen LogP contribution in [0.4, 0.5) is 0 Å². The zero-order valence-corrected chi connectivity index (χ0v) is 12.7. The number of carbonyl (C=O) groups is 2. The fourth-order valence-electron chi connectivity index (χ4n) is 1.56. The topological polar surface area (TPSA) is 43.4 Å². The van der Waals surface area contributed by atoms with Gasteiger partial charge in [-0.05, 0) is 33.3 Å². The Hall–Kier alpha value is -1.29. The molecule has 19 heavy (non-hydrogen) atoms. The van der Waals surface area contributed by atoms with Crippen LogP contribution in [0.15, 0.2) is 24.3 Å². The highest BCUT2D eigenvalue weighted by atomic mass is 32.2. The van der Waals surface area contributed by atoms with Crippen molar-refractivity contribution in [1.82, 2.24) is 0 Å². The molecular formula is C15H20O3S. The van der Waals surface area contributed by atoms with Crippen molar-refractivity contribution in [2.45, 2.75) is 33.3 Å². The average Bonchev–Trinajstić information content (AvgIpc) is 2.26. The van der Waals surface area contributed by atoms with Gasteiger partial charge in [-0.3, -0.25) is 9.59 Å². The second-order valence-electron chi connectivity index (χ2n) is 5.32. The van der Waals surface area contributed by atoms with Crippen molar-refractivity contribution in [2.75, 3.05) is 11.5 Å². The highest BCUT2D eigenvalue weighted by molar-refractivity contribution is 8.00. The Morgan fingerprint density at radius 2 is 1.79 bits per heavy atom. The summed E-state index contributed by atoms with van der Waals surface area (Å²) in [5.74, 6) is 0.264. The molecule has 4 heteroatoms. The summed E-state index contributed by atoms with van der Waals surface area (Å²) < 4.78 is 5.18. The minimum Gasteiger partial charge on any atom is -0.459 e. The van der Waals surface area contributed by atoms with E-state index in [2.05, 4.69) is 0 Å². The van der Waals surface area contributed by atoms with Crippen LogP contribution in [-0.4, -0.2) is 28.9 Å². The Morgan fingerprint density at radius 1 is 1.16 bits per heavy atom. The highest BCUT2D eigenvalue weighted by Crippen LogP contribution is 2.13. The van der Waals surface area contributed by atoms with Crippen molar-refractivity contribution in [1.29, 1.82) is 0 Å². The maximum Gasteiger partial charge on any atom is 0.316 e. The molecule has 0 unspecified atom stereocenters. The van der Waals surface area contributed by atoms with E-state index in [1.165, 1.54) is 11.8 Å². The summed E-state index contributed by atoms with van der Waals surface area (Å²) in [6.07, 6.45) is 0. The molecule has 0 bridgehead atoms. The van der Waals surface area contributed by atoms with Gasteiger partial charge in [0.15, 0.2) is 5.78 Å². The molecule has 1 aromatic rings. The predicted molar refractivity (Wildman–Crippen MR) is 78.7 cm³/mol. The van der Waals surface area contributed by atoms with Crippen LogP contribution in [0.3, 0.4) is 0 Å². The van der Waals surface area contributed by atoms with E-state index in [0.717, 1.165) is 11.1 Å². The molecule has 0 N–H and O–H groups in total. The normalized spacial score (nSPS) is 11.2. The van der Waals surface area contributed by atoms with Gasteiger partial charge in [-0.1, -0.05) is 24.3 Å². The maximum atomic E-state index is 12.0. The summed E-state index contributed by atoms with van der Waals surface area (Å²) in [7, 11) is 0. The van der Waals surface area contributed by atoms with Crippen molar-refractivity contribution in [3.05, 3.63) is 35.4 Å². The SMILES string of the molecule is Cc1ccccc1C(=O)CSCC(=O)OC(C)(C)C. The molecule has 0 saturated heterocycles. The molecule has 0 aromatic heterocycles. The van der Waals surface area contributed by atoms with Gasteiger partial charge >= 0.3 is 5.97 Å². The van der Waals surface area contributed by atoms with Crippen LogP contribution in [0.2, 0.25) is 0 Å². The summed E-state index contributed by atoms with van der Waals surface area (Å²) in [5, 5.41) is 0. The Morgan fingerprint density at radius 3 is 2.37 bits per heavy atom. The summed E-state index contributed by atoms with van der Waals surface area (Å²) in [6.45, 7) is 7.39. The lowest BCUT2D eigenvalue weighted by molar-refractivity contribution is -0.151. The highest BCUT2D eigenvalue weighted by Gasteiger charge is 2.16. The molecular weight excluding hydrogens is 260 g/mol. The van der Waals surface area contributed by atoms with Crippen molar-refractivity contribution in [2.24, 2.45) is 0 Å². The Kier molecular flexibility index (Phi) is 5.60. The lowest BCUT2D eigenvalue weighted by atomic mass is 10.1. The van der Waals surface area contributed by atoms with E-state index in [1.807, 2.05) is 52.0 Å². The van der Waals surface area contributed by atoms with E-state index in [9.17, 15) is 9.59 Å². The quantitative estimate of drug-likeness (QED) is 0.613. The number of aryl methyl sites for hydroxylation is 1. The van der Waals surface area contributed by atoms with Gasteiger partial charge in [0, 0.05) is 5.56 Å². The largest absolute Gasteiger partial charge is 0.459 e. The van der Waals surface area contributed by atoms with E-state index in [-0.39, 0.29) is 17.5 Å². The predicted octanol–water partition coefficient (Wildman–Crippen LogP) is 3.25. The average molecular weight is 280 g/mol. The molecule has 104 valence electrons. The lowest BCUT2D eigenvalue weighted by Crippen LogP contribution is -2.25. The van der Waals surface area contributed by atoms with Gasteiger partial charge in [-0.25, -0.2) is 0 Å². The standard InChI is InChI=1S/C15H20O3S/c1-11-7-5-6-8-12(11)13(16)9-19-10-14(17)18-15(2,3)4/h5-8H,9-10H2,1-4H3. The second-order valence-corrected chi connectivity index (χ2v) is 6.30. The smallest absolute Gasteiger partial charge is 0.316 e. The maximum absolute atomic E-state index is 12.0. The molecule has 0 aliphatic carbocycles. The number of Topliss-reactive ketones (excluding diaryl/α,β-unsaturated/α-hetero) is 1. The first-order chi connectivity index (χ1) is 8.79. The summed E-state index contributed by atoms with van der Waals surface area (Å²) in [6, 6.07) is 7.47. The molecule has 0 aliphatic rings. The van der Waals surface area contributed by atoms with Crippen LogP contribution < -0.4 is 0 Å². The van der Waals surface area contributed by atoms with Crippen LogP contribution in [0.25, 0.3) is 0 Å². The lowest BCUT2D eigenvalue weighted by Gasteiger charge is -2.19. The molecule has 0 saturated carbocycles. The van der Waals surface area contributed by atoms with E-state index in [4.69, 9.17) is 4.74 Å². The van der Waals surface area contributed by atoms with Crippen molar-refractivity contribution >= 4 is 23.5 Å². The second kappa shape index (κ2) is 6.75. The zero-order valence-electron chi connectivity index (χ0n) is 11.9. The first kappa shape index (κ1) is 15.8. The minimum atomic E-state index is -0.475. The van der Waals surface area contributed by atoms with E-state index in [1.54, 1.807) is 0 Å². The fourth-order valence-corrected chi connectivity index (χ4v) is 2.23. The third-order valence-electron chi connectivity index (χ3n) is 2.32. The van der Waals surface area contributed by atoms with Crippen LogP contribution in [0, 0.1) is 6.92 Å². The van der Waals surface area contributed by atoms with Gasteiger partial charge in [0.2, 0.25) is 0 Å². The number of hydrogen-bond acceptors (Lipinski definition) is 4. The molecule has 0 fully saturated rings. The number of rotatable bonds is 5. The Labute approximate surface area is 118 Å². The summed E-state index contributed by atoms with van der Waals surface area (Å²) in [4.78, 5) is 23.4. The number of benzene rings is 1. The Bertz CT molecular complexity index is 461. The number of thioether (sulfide) groups is 1. The Balaban J connectivity index is 2.40. The fraction of sp³-hybridized carbons (Fsp3) is 0.467. The van der Waals surface area contributed by atoms with Gasteiger partial charge in [-0.2, -0.15) is 0 Å². The minimum absolute atomic E-state index is 0.0478. The molecule has 0 heterocycles. The van der Waals surface area contributed by atoms with Gasteiger partial charge in [0.1, 0.15) is 5.60 Å². The van der Waals surface area contributed by atoms with E-state index < -0.39 is 5.60 Å². The third-order valence-corrected chi connectivity index (χ3v) is 3.22. The van der Waals surface area contributed by atoms with E-state index in [0.29, 0.717) is 5.75 Å². The van der Waals surface area contributed by atoms with Crippen LogP contribution in [0.1, 0.15) is 36.7 Å². The van der Waals surface area contributed by atoms with Crippen molar-refractivity contribution < 1.29 is 14.3 Å². The van der Waals surface area contributed by atoms with Crippen LogP contribution in [0.5, 0.6) is 0 Å².